The first kappa shape index (κ1) is 17.4. The lowest BCUT2D eigenvalue weighted by atomic mass is 10.2. The predicted molar refractivity (Wildman–Crippen MR) is 95.7 cm³/mol. The summed E-state index contributed by atoms with van der Waals surface area (Å²) in [6, 6.07) is 9.57. The lowest BCUT2D eigenvalue weighted by Gasteiger charge is -2.11. The van der Waals surface area contributed by atoms with E-state index in [-0.39, 0.29) is 15.6 Å². The number of rotatable bonds is 4. The van der Waals surface area contributed by atoms with Crippen molar-refractivity contribution < 1.29 is 13.3 Å². The molecule has 1 aromatic heterocycles. The number of sulfonamides is 1. The van der Waals surface area contributed by atoms with Gasteiger partial charge >= 0.3 is 0 Å². The summed E-state index contributed by atoms with van der Waals surface area (Å²) in [7, 11) is -4.03. The monoisotopic (exact) mass is 397 g/mol. The van der Waals surface area contributed by atoms with Crippen LogP contribution in [-0.2, 0) is 10.0 Å². The van der Waals surface area contributed by atoms with Gasteiger partial charge in [-0.15, -0.1) is 0 Å². The summed E-state index contributed by atoms with van der Waals surface area (Å²) < 4.78 is 27.7. The van der Waals surface area contributed by atoms with Crippen LogP contribution >= 0.6 is 23.2 Å². The second-order valence-electron chi connectivity index (χ2n) is 4.97. The Kier molecular flexibility index (Phi) is 4.51. The van der Waals surface area contributed by atoms with Gasteiger partial charge in [0.1, 0.15) is 5.02 Å². The molecule has 3 rings (SSSR count). The van der Waals surface area contributed by atoms with E-state index in [9.17, 15) is 18.5 Å². The molecule has 0 bridgehead atoms. The van der Waals surface area contributed by atoms with E-state index in [1.807, 2.05) is 0 Å². The summed E-state index contributed by atoms with van der Waals surface area (Å²) >= 11 is 11.8. The Morgan fingerprint density at radius 2 is 1.80 bits per heavy atom. The van der Waals surface area contributed by atoms with E-state index < -0.39 is 20.6 Å². The second-order valence-corrected chi connectivity index (χ2v) is 7.44. The Balaban J connectivity index is 2.08. The quantitative estimate of drug-likeness (QED) is 0.523. The summed E-state index contributed by atoms with van der Waals surface area (Å²) in [5.74, 6) is 0. The zero-order valence-corrected chi connectivity index (χ0v) is 14.6. The van der Waals surface area contributed by atoms with Crippen molar-refractivity contribution in [1.82, 2.24) is 4.98 Å². The van der Waals surface area contributed by atoms with Crippen molar-refractivity contribution in [3.63, 3.8) is 0 Å². The third-order valence-corrected chi connectivity index (χ3v) is 5.43. The molecule has 0 atom stereocenters. The number of anilines is 1. The Hall–Kier alpha value is -2.42. The fourth-order valence-corrected chi connectivity index (χ4v) is 3.92. The highest BCUT2D eigenvalue weighted by Gasteiger charge is 2.21. The minimum Gasteiger partial charge on any atom is -0.279 e. The number of nitro groups is 1. The molecule has 0 amide bonds. The number of aromatic nitrogens is 1. The lowest BCUT2D eigenvalue weighted by Crippen LogP contribution is -2.13. The average Bonchev–Trinajstić information content (AvgIpc) is 2.56. The van der Waals surface area contributed by atoms with Crippen molar-refractivity contribution in [2.45, 2.75) is 4.90 Å². The summed E-state index contributed by atoms with van der Waals surface area (Å²) in [5.41, 5.74) is -0.0401. The fourth-order valence-electron chi connectivity index (χ4n) is 2.27. The lowest BCUT2D eigenvalue weighted by molar-refractivity contribution is -0.384. The number of nitrogens with one attached hydrogen (secondary N) is 1. The largest absolute Gasteiger partial charge is 0.289 e. The number of hydrogen-bond acceptors (Lipinski definition) is 5. The zero-order valence-electron chi connectivity index (χ0n) is 12.3. The Labute approximate surface area is 152 Å². The van der Waals surface area contributed by atoms with Gasteiger partial charge in [0.05, 0.1) is 26.0 Å². The van der Waals surface area contributed by atoms with Crippen molar-refractivity contribution in [2.24, 2.45) is 0 Å². The fraction of sp³-hybridized carbons (Fsp3) is 0. The van der Waals surface area contributed by atoms with Crippen molar-refractivity contribution in [3.05, 3.63) is 68.8 Å². The van der Waals surface area contributed by atoms with Crippen molar-refractivity contribution in [2.75, 3.05) is 4.72 Å². The topological polar surface area (TPSA) is 102 Å². The molecule has 0 unspecified atom stereocenters. The van der Waals surface area contributed by atoms with E-state index in [1.54, 1.807) is 12.1 Å². The second kappa shape index (κ2) is 6.47. The molecular weight excluding hydrogens is 389 g/mol. The smallest absolute Gasteiger partial charge is 0.279 e. The molecule has 2 aromatic carbocycles. The summed E-state index contributed by atoms with van der Waals surface area (Å²) in [6.07, 6.45) is 1.50. The van der Waals surface area contributed by atoms with Crippen LogP contribution in [0.25, 0.3) is 10.9 Å². The van der Waals surface area contributed by atoms with Crippen molar-refractivity contribution in [1.29, 1.82) is 0 Å². The number of pyridine rings is 1. The third kappa shape index (κ3) is 3.37. The first-order valence-electron chi connectivity index (χ1n) is 6.79. The van der Waals surface area contributed by atoms with Crippen LogP contribution in [0.4, 0.5) is 11.4 Å². The van der Waals surface area contributed by atoms with Crippen molar-refractivity contribution in [3.8, 4) is 0 Å². The minimum absolute atomic E-state index is 0.0168. The van der Waals surface area contributed by atoms with Gasteiger partial charge in [0, 0.05) is 17.6 Å². The van der Waals surface area contributed by atoms with Gasteiger partial charge in [-0.1, -0.05) is 23.2 Å². The van der Waals surface area contributed by atoms with Gasteiger partial charge in [-0.05, 0) is 36.4 Å². The third-order valence-electron chi connectivity index (χ3n) is 3.36. The van der Waals surface area contributed by atoms with Crippen LogP contribution < -0.4 is 4.72 Å². The Morgan fingerprint density at radius 3 is 2.52 bits per heavy atom. The molecule has 128 valence electrons. The van der Waals surface area contributed by atoms with Crippen LogP contribution in [0.1, 0.15) is 0 Å². The molecule has 0 radical (unpaired) electrons. The summed E-state index contributed by atoms with van der Waals surface area (Å²) in [6.45, 7) is 0. The van der Waals surface area contributed by atoms with E-state index in [2.05, 4.69) is 9.71 Å². The van der Waals surface area contributed by atoms with Gasteiger partial charge in [-0.3, -0.25) is 19.8 Å². The van der Waals surface area contributed by atoms with E-state index in [0.29, 0.717) is 15.9 Å². The zero-order chi connectivity index (χ0) is 18.2. The molecule has 0 saturated carbocycles. The average molecular weight is 398 g/mol. The van der Waals surface area contributed by atoms with Crippen LogP contribution in [0.3, 0.4) is 0 Å². The molecule has 10 heteroatoms. The van der Waals surface area contributed by atoms with Gasteiger partial charge in [-0.2, -0.15) is 0 Å². The number of nitrogens with zero attached hydrogens (tertiary/aromatic N) is 2. The number of fused-ring (bicyclic) bond motifs is 1. The highest BCUT2D eigenvalue weighted by molar-refractivity contribution is 7.93. The van der Waals surface area contributed by atoms with Crippen LogP contribution in [0.2, 0.25) is 10.0 Å². The van der Waals surface area contributed by atoms with Gasteiger partial charge in [0.25, 0.3) is 15.7 Å². The Morgan fingerprint density at radius 1 is 1.08 bits per heavy atom. The molecule has 0 fully saturated rings. The van der Waals surface area contributed by atoms with Crippen LogP contribution in [0, 0.1) is 10.1 Å². The van der Waals surface area contributed by atoms with Gasteiger partial charge < -0.3 is 0 Å². The summed E-state index contributed by atoms with van der Waals surface area (Å²) in [4.78, 5) is 14.3. The standard InChI is InChI=1S/C15H9Cl2N3O4S/c16-11-4-3-9(8-13(11)20(21)22)19-25(23,24)14-6-5-12(17)15-10(14)2-1-7-18-15/h1-8,19H. The molecule has 1 N–H and O–H groups in total. The minimum atomic E-state index is -4.03. The van der Waals surface area contributed by atoms with Crippen molar-refractivity contribution >= 4 is 55.5 Å². The normalized spacial score (nSPS) is 11.4. The highest BCUT2D eigenvalue weighted by Crippen LogP contribution is 2.31. The van der Waals surface area contributed by atoms with Gasteiger partial charge in [-0.25, -0.2) is 8.42 Å². The first-order valence-corrected chi connectivity index (χ1v) is 9.03. The number of halogens is 2. The summed E-state index contributed by atoms with van der Waals surface area (Å²) in [5, 5.41) is 11.5. The molecule has 0 spiro atoms. The highest BCUT2D eigenvalue weighted by atomic mass is 35.5. The molecule has 25 heavy (non-hydrogen) atoms. The maximum atomic E-state index is 12.7. The number of nitro benzene ring substituents is 1. The molecule has 7 nitrogen and oxygen atoms in total. The van der Waals surface area contributed by atoms with Crippen LogP contribution in [0.5, 0.6) is 0 Å². The molecule has 0 saturated heterocycles. The maximum absolute atomic E-state index is 12.7. The molecule has 0 aliphatic rings. The van der Waals surface area contributed by atoms with Gasteiger partial charge in [0.2, 0.25) is 0 Å². The number of benzene rings is 2. The molecule has 3 aromatic rings. The van der Waals surface area contributed by atoms with E-state index in [4.69, 9.17) is 23.2 Å². The first-order chi connectivity index (χ1) is 11.8. The molecular formula is C15H9Cl2N3O4S. The molecule has 1 heterocycles. The SMILES string of the molecule is O=[N+]([O-])c1cc(NS(=O)(=O)c2ccc(Cl)c3ncccc23)ccc1Cl. The predicted octanol–water partition coefficient (Wildman–Crippen LogP) is 4.25. The van der Waals surface area contributed by atoms with Gasteiger partial charge in [0.15, 0.2) is 0 Å². The van der Waals surface area contributed by atoms with E-state index in [0.717, 1.165) is 6.07 Å². The number of hydrogen-bond donors (Lipinski definition) is 1. The molecule has 0 aliphatic carbocycles. The maximum Gasteiger partial charge on any atom is 0.289 e. The molecule has 0 aliphatic heterocycles. The Bertz CT molecular complexity index is 1100. The van der Waals surface area contributed by atoms with Crippen LogP contribution in [-0.4, -0.2) is 18.3 Å². The van der Waals surface area contributed by atoms with E-state index in [1.165, 1.54) is 30.5 Å². The van der Waals surface area contributed by atoms with Crippen LogP contribution in [0.15, 0.2) is 53.6 Å². The van der Waals surface area contributed by atoms with E-state index >= 15 is 0 Å².